The first kappa shape index (κ1) is 19.5. The number of carbonyl (C=O) groups is 2. The van der Waals surface area contributed by atoms with Crippen LogP contribution >= 0.6 is 0 Å². The Morgan fingerprint density at radius 3 is 2.00 bits per heavy atom. The fourth-order valence-electron chi connectivity index (χ4n) is 2.64. The third kappa shape index (κ3) is 4.92. The van der Waals surface area contributed by atoms with Crippen LogP contribution in [0.5, 0.6) is 17.2 Å². The average Bonchev–Trinajstić information content (AvgIpc) is 2.67. The predicted molar refractivity (Wildman–Crippen MR) is 108 cm³/mol. The smallest absolute Gasteiger partial charge is 0.335 e. The number of carbonyl (C=O) groups excluding carboxylic acids is 1. The zero-order valence-electron chi connectivity index (χ0n) is 15.0. The van der Waals surface area contributed by atoms with Crippen LogP contribution in [0.2, 0.25) is 0 Å². The van der Waals surface area contributed by atoms with Crippen molar-refractivity contribution < 1.29 is 30.0 Å². The summed E-state index contributed by atoms with van der Waals surface area (Å²) in [7, 11) is 0. The second-order valence-corrected chi connectivity index (χ2v) is 6.23. The molecule has 0 saturated heterocycles. The van der Waals surface area contributed by atoms with E-state index in [1.807, 2.05) is 0 Å². The SMILES string of the molecule is O=C(O)c1ccc(NC(=O)c2cc(/C=C/c3cc(O)cc(O)c3)ccc2O)cc1. The summed E-state index contributed by atoms with van der Waals surface area (Å²) in [6, 6.07) is 14.2. The Labute approximate surface area is 165 Å². The van der Waals surface area contributed by atoms with E-state index in [0.717, 1.165) is 0 Å². The van der Waals surface area contributed by atoms with Gasteiger partial charge in [0.2, 0.25) is 0 Å². The fourth-order valence-corrected chi connectivity index (χ4v) is 2.64. The third-order valence-corrected chi connectivity index (χ3v) is 4.05. The first-order valence-corrected chi connectivity index (χ1v) is 8.50. The molecule has 0 aliphatic carbocycles. The summed E-state index contributed by atoms with van der Waals surface area (Å²) in [5.41, 5.74) is 1.68. The molecule has 146 valence electrons. The van der Waals surface area contributed by atoms with E-state index in [1.165, 1.54) is 54.6 Å². The summed E-state index contributed by atoms with van der Waals surface area (Å²) >= 11 is 0. The summed E-state index contributed by atoms with van der Waals surface area (Å²) < 4.78 is 0. The van der Waals surface area contributed by atoms with Crippen LogP contribution in [0.25, 0.3) is 12.2 Å². The van der Waals surface area contributed by atoms with Gasteiger partial charge >= 0.3 is 5.97 Å². The number of phenols is 3. The van der Waals surface area contributed by atoms with Crippen molar-refractivity contribution in [3.8, 4) is 17.2 Å². The number of hydrogen-bond acceptors (Lipinski definition) is 5. The highest BCUT2D eigenvalue weighted by molar-refractivity contribution is 6.06. The molecular formula is C22H17NO6. The molecule has 0 spiro atoms. The van der Waals surface area contributed by atoms with E-state index < -0.39 is 11.9 Å². The fraction of sp³-hybridized carbons (Fsp3) is 0. The lowest BCUT2D eigenvalue weighted by Gasteiger charge is -2.08. The molecule has 5 N–H and O–H groups in total. The lowest BCUT2D eigenvalue weighted by molar-refractivity contribution is 0.0696. The van der Waals surface area contributed by atoms with Gasteiger partial charge in [-0.3, -0.25) is 4.79 Å². The molecule has 0 fully saturated rings. The number of benzene rings is 3. The van der Waals surface area contributed by atoms with Gasteiger partial charge in [0.05, 0.1) is 11.1 Å². The number of hydrogen-bond donors (Lipinski definition) is 5. The Morgan fingerprint density at radius 1 is 0.759 bits per heavy atom. The standard InChI is InChI=1S/C22H17NO6/c24-17-9-14(10-18(25)12-17)2-1-13-3-8-20(26)19(11-13)21(27)23-16-6-4-15(5-7-16)22(28)29/h1-12,24-26H,(H,23,27)(H,28,29)/b2-1+. The highest BCUT2D eigenvalue weighted by Gasteiger charge is 2.12. The number of aromatic carboxylic acids is 1. The van der Waals surface area contributed by atoms with Gasteiger partial charge in [0, 0.05) is 11.8 Å². The summed E-state index contributed by atoms with van der Waals surface area (Å²) in [5.74, 6) is -2.00. The zero-order chi connectivity index (χ0) is 21.0. The van der Waals surface area contributed by atoms with Gasteiger partial charge in [-0.05, 0) is 59.7 Å². The first-order chi connectivity index (χ1) is 13.8. The molecule has 0 saturated carbocycles. The molecule has 0 bridgehead atoms. The van der Waals surface area contributed by atoms with Gasteiger partial charge in [-0.25, -0.2) is 4.79 Å². The van der Waals surface area contributed by atoms with Gasteiger partial charge < -0.3 is 25.7 Å². The number of anilines is 1. The summed E-state index contributed by atoms with van der Waals surface area (Å²) in [4.78, 5) is 23.4. The molecule has 0 aliphatic heterocycles. The molecule has 0 aromatic heterocycles. The highest BCUT2D eigenvalue weighted by atomic mass is 16.4. The normalized spacial score (nSPS) is 10.8. The quantitative estimate of drug-likeness (QED) is 0.420. The molecule has 0 unspecified atom stereocenters. The van der Waals surface area contributed by atoms with Crippen molar-refractivity contribution >= 4 is 29.7 Å². The molecule has 0 atom stereocenters. The Bertz CT molecular complexity index is 1080. The maximum absolute atomic E-state index is 12.5. The molecule has 7 nitrogen and oxygen atoms in total. The van der Waals surface area contributed by atoms with E-state index in [9.17, 15) is 24.9 Å². The number of carboxylic acids is 1. The summed E-state index contributed by atoms with van der Waals surface area (Å²) in [6.45, 7) is 0. The summed E-state index contributed by atoms with van der Waals surface area (Å²) in [6.07, 6.45) is 3.30. The molecule has 0 heterocycles. The first-order valence-electron chi connectivity index (χ1n) is 8.50. The largest absolute Gasteiger partial charge is 0.508 e. The second-order valence-electron chi connectivity index (χ2n) is 6.23. The number of aromatic hydroxyl groups is 3. The Morgan fingerprint density at radius 2 is 1.38 bits per heavy atom. The predicted octanol–water partition coefficient (Wildman–Crippen LogP) is 3.92. The van der Waals surface area contributed by atoms with Crippen molar-refractivity contribution in [3.63, 3.8) is 0 Å². The van der Waals surface area contributed by atoms with Crippen LogP contribution < -0.4 is 5.32 Å². The van der Waals surface area contributed by atoms with E-state index >= 15 is 0 Å². The van der Waals surface area contributed by atoms with E-state index in [1.54, 1.807) is 18.2 Å². The lowest BCUT2D eigenvalue weighted by Crippen LogP contribution is -2.12. The van der Waals surface area contributed by atoms with Crippen molar-refractivity contribution in [1.29, 1.82) is 0 Å². The number of nitrogens with one attached hydrogen (secondary N) is 1. The van der Waals surface area contributed by atoms with Crippen LogP contribution in [-0.2, 0) is 0 Å². The van der Waals surface area contributed by atoms with Crippen LogP contribution in [-0.4, -0.2) is 32.3 Å². The maximum Gasteiger partial charge on any atom is 0.335 e. The van der Waals surface area contributed by atoms with Crippen LogP contribution in [0.1, 0.15) is 31.8 Å². The molecule has 7 heteroatoms. The minimum absolute atomic E-state index is 0.0354. The molecule has 0 radical (unpaired) electrons. The number of rotatable bonds is 5. The zero-order valence-corrected chi connectivity index (χ0v) is 15.0. The summed E-state index contributed by atoms with van der Waals surface area (Å²) in [5, 5.41) is 40.6. The van der Waals surface area contributed by atoms with Gasteiger partial charge in [0.25, 0.3) is 5.91 Å². The van der Waals surface area contributed by atoms with E-state index in [-0.39, 0.29) is 28.4 Å². The van der Waals surface area contributed by atoms with Crippen molar-refractivity contribution in [2.24, 2.45) is 0 Å². The second kappa shape index (κ2) is 8.18. The van der Waals surface area contributed by atoms with Crippen LogP contribution in [0.4, 0.5) is 5.69 Å². The average molecular weight is 391 g/mol. The van der Waals surface area contributed by atoms with Crippen molar-refractivity contribution in [3.05, 3.63) is 82.9 Å². The van der Waals surface area contributed by atoms with Gasteiger partial charge in [-0.15, -0.1) is 0 Å². The molecular weight excluding hydrogens is 374 g/mol. The minimum atomic E-state index is -1.07. The van der Waals surface area contributed by atoms with Gasteiger partial charge in [0.1, 0.15) is 17.2 Å². The molecule has 1 amide bonds. The van der Waals surface area contributed by atoms with Gasteiger partial charge in [-0.1, -0.05) is 18.2 Å². The van der Waals surface area contributed by atoms with Gasteiger partial charge in [-0.2, -0.15) is 0 Å². The Balaban J connectivity index is 1.79. The maximum atomic E-state index is 12.5. The Hall–Kier alpha value is -4.26. The van der Waals surface area contributed by atoms with E-state index in [0.29, 0.717) is 16.8 Å². The lowest BCUT2D eigenvalue weighted by atomic mass is 10.1. The molecule has 3 aromatic carbocycles. The minimum Gasteiger partial charge on any atom is -0.508 e. The number of phenolic OH excluding ortho intramolecular Hbond substituents is 3. The molecule has 3 aromatic rings. The van der Waals surface area contributed by atoms with Crippen molar-refractivity contribution in [2.75, 3.05) is 5.32 Å². The van der Waals surface area contributed by atoms with Crippen LogP contribution in [0, 0.1) is 0 Å². The van der Waals surface area contributed by atoms with Crippen molar-refractivity contribution in [1.82, 2.24) is 0 Å². The highest BCUT2D eigenvalue weighted by Crippen LogP contribution is 2.24. The van der Waals surface area contributed by atoms with Gasteiger partial charge in [0.15, 0.2) is 0 Å². The van der Waals surface area contributed by atoms with E-state index in [4.69, 9.17) is 5.11 Å². The number of carboxylic acid groups (broad SMARTS) is 1. The monoisotopic (exact) mass is 391 g/mol. The van der Waals surface area contributed by atoms with E-state index in [2.05, 4.69) is 5.32 Å². The number of amides is 1. The van der Waals surface area contributed by atoms with Crippen molar-refractivity contribution in [2.45, 2.75) is 0 Å². The Kier molecular flexibility index (Phi) is 5.50. The molecule has 29 heavy (non-hydrogen) atoms. The molecule has 3 rings (SSSR count). The third-order valence-electron chi connectivity index (χ3n) is 4.05. The molecule has 0 aliphatic rings. The van der Waals surface area contributed by atoms with Crippen LogP contribution in [0.3, 0.4) is 0 Å². The van der Waals surface area contributed by atoms with Crippen LogP contribution in [0.15, 0.2) is 60.7 Å². The topological polar surface area (TPSA) is 127 Å².